The highest BCUT2D eigenvalue weighted by Crippen LogP contribution is 2.21. The summed E-state index contributed by atoms with van der Waals surface area (Å²) in [5, 5.41) is 11.8. The van der Waals surface area contributed by atoms with Crippen LogP contribution >= 0.6 is 11.8 Å². The van der Waals surface area contributed by atoms with Gasteiger partial charge in [0.1, 0.15) is 11.6 Å². The number of aromatic nitrogens is 3. The van der Waals surface area contributed by atoms with Crippen LogP contribution in [0.3, 0.4) is 0 Å². The van der Waals surface area contributed by atoms with Crippen LogP contribution in [0, 0.1) is 5.82 Å². The highest BCUT2D eigenvalue weighted by atomic mass is 32.2. The van der Waals surface area contributed by atoms with Crippen LogP contribution in [0.2, 0.25) is 0 Å². The lowest BCUT2D eigenvalue weighted by Crippen LogP contribution is -2.16. The molecule has 25 heavy (non-hydrogen) atoms. The van der Waals surface area contributed by atoms with Gasteiger partial charge >= 0.3 is 0 Å². The maximum Gasteiger partial charge on any atom is 0.232 e. The second-order valence-corrected chi connectivity index (χ2v) is 6.41. The highest BCUT2D eigenvalue weighted by molar-refractivity contribution is 7.98. The first-order valence-electron chi connectivity index (χ1n) is 7.72. The van der Waals surface area contributed by atoms with Crippen LogP contribution in [-0.4, -0.2) is 20.7 Å². The second-order valence-electron chi connectivity index (χ2n) is 5.46. The molecule has 1 N–H and O–H groups in total. The SMILES string of the molecule is Cn1c(CC(=O)Nc2ccccc2)nnc1SCc1ccc(F)cc1. The minimum Gasteiger partial charge on any atom is -0.326 e. The quantitative estimate of drug-likeness (QED) is 0.688. The number of hydrogen-bond donors (Lipinski definition) is 1. The molecule has 0 spiro atoms. The van der Waals surface area contributed by atoms with Crippen LogP contribution in [0.25, 0.3) is 0 Å². The van der Waals surface area contributed by atoms with Crippen LogP contribution < -0.4 is 5.32 Å². The molecule has 0 radical (unpaired) electrons. The van der Waals surface area contributed by atoms with Crippen molar-refractivity contribution in [3.05, 3.63) is 71.8 Å². The number of halogens is 1. The molecule has 0 unspecified atom stereocenters. The van der Waals surface area contributed by atoms with Gasteiger partial charge in [-0.1, -0.05) is 42.1 Å². The normalized spacial score (nSPS) is 10.6. The van der Waals surface area contributed by atoms with Crippen LogP contribution in [0.15, 0.2) is 59.8 Å². The number of thioether (sulfide) groups is 1. The van der Waals surface area contributed by atoms with E-state index in [1.165, 1.54) is 23.9 Å². The lowest BCUT2D eigenvalue weighted by atomic mass is 10.2. The minimum absolute atomic E-state index is 0.142. The Kier molecular flexibility index (Phi) is 5.45. The molecular weight excluding hydrogens is 339 g/mol. The molecule has 3 aromatic rings. The molecule has 0 atom stereocenters. The first-order chi connectivity index (χ1) is 12.1. The number of rotatable bonds is 6. The topological polar surface area (TPSA) is 59.8 Å². The van der Waals surface area contributed by atoms with Gasteiger partial charge in [-0.05, 0) is 29.8 Å². The second kappa shape index (κ2) is 7.94. The van der Waals surface area contributed by atoms with E-state index in [-0.39, 0.29) is 18.1 Å². The Labute approximate surface area is 149 Å². The fourth-order valence-electron chi connectivity index (χ4n) is 2.22. The summed E-state index contributed by atoms with van der Waals surface area (Å²) in [5.41, 5.74) is 1.75. The summed E-state index contributed by atoms with van der Waals surface area (Å²) < 4.78 is 14.7. The van der Waals surface area contributed by atoms with Crippen molar-refractivity contribution in [3.63, 3.8) is 0 Å². The Bertz CT molecular complexity index is 849. The lowest BCUT2D eigenvalue weighted by molar-refractivity contribution is -0.115. The largest absolute Gasteiger partial charge is 0.326 e. The first kappa shape index (κ1) is 17.2. The zero-order valence-corrected chi connectivity index (χ0v) is 14.5. The molecule has 3 rings (SSSR count). The van der Waals surface area contributed by atoms with Gasteiger partial charge in [0.2, 0.25) is 5.91 Å². The van der Waals surface area contributed by atoms with E-state index in [2.05, 4.69) is 15.5 Å². The number of carbonyl (C=O) groups is 1. The van der Waals surface area contributed by atoms with Gasteiger partial charge < -0.3 is 9.88 Å². The van der Waals surface area contributed by atoms with E-state index in [1.54, 1.807) is 16.7 Å². The van der Waals surface area contributed by atoms with Gasteiger partial charge in [0.15, 0.2) is 5.16 Å². The van der Waals surface area contributed by atoms with Gasteiger partial charge in [0, 0.05) is 18.5 Å². The molecule has 7 heteroatoms. The van der Waals surface area contributed by atoms with Gasteiger partial charge in [-0.15, -0.1) is 10.2 Å². The van der Waals surface area contributed by atoms with Crippen LogP contribution in [-0.2, 0) is 24.0 Å². The van der Waals surface area contributed by atoms with Crippen molar-refractivity contribution in [2.75, 3.05) is 5.32 Å². The molecule has 2 aromatic carbocycles. The van der Waals surface area contributed by atoms with Gasteiger partial charge in [-0.2, -0.15) is 0 Å². The van der Waals surface area contributed by atoms with E-state index in [9.17, 15) is 9.18 Å². The van der Waals surface area contributed by atoms with Gasteiger partial charge in [-0.3, -0.25) is 4.79 Å². The predicted octanol–water partition coefficient (Wildman–Crippen LogP) is 3.43. The molecule has 1 amide bonds. The Morgan fingerprint density at radius 3 is 2.56 bits per heavy atom. The molecule has 0 bridgehead atoms. The van der Waals surface area contributed by atoms with Crippen molar-refractivity contribution in [1.29, 1.82) is 0 Å². The predicted molar refractivity (Wildman–Crippen MR) is 95.7 cm³/mol. The summed E-state index contributed by atoms with van der Waals surface area (Å²) >= 11 is 1.49. The number of carbonyl (C=O) groups excluding carboxylic acids is 1. The molecule has 5 nitrogen and oxygen atoms in total. The maximum absolute atomic E-state index is 12.9. The third-order valence-electron chi connectivity index (χ3n) is 3.58. The average Bonchev–Trinajstić information content (AvgIpc) is 2.95. The third-order valence-corrected chi connectivity index (χ3v) is 4.67. The summed E-state index contributed by atoms with van der Waals surface area (Å²) in [4.78, 5) is 12.1. The zero-order valence-electron chi connectivity index (χ0n) is 13.6. The molecule has 1 heterocycles. The van der Waals surface area contributed by atoms with E-state index in [0.717, 1.165) is 11.3 Å². The molecule has 128 valence electrons. The summed E-state index contributed by atoms with van der Waals surface area (Å²) in [6, 6.07) is 15.6. The number of benzene rings is 2. The molecule has 0 saturated heterocycles. The van der Waals surface area contributed by atoms with Crippen molar-refractivity contribution < 1.29 is 9.18 Å². The van der Waals surface area contributed by atoms with Crippen LogP contribution in [0.4, 0.5) is 10.1 Å². The van der Waals surface area contributed by atoms with Crippen molar-refractivity contribution >= 4 is 23.4 Å². The van der Waals surface area contributed by atoms with E-state index in [0.29, 0.717) is 16.7 Å². The third kappa shape index (κ3) is 4.67. The van der Waals surface area contributed by atoms with Gasteiger partial charge in [0.25, 0.3) is 0 Å². The summed E-state index contributed by atoms with van der Waals surface area (Å²) in [6.07, 6.45) is 0.148. The van der Waals surface area contributed by atoms with Crippen molar-refractivity contribution in [1.82, 2.24) is 14.8 Å². The lowest BCUT2D eigenvalue weighted by Gasteiger charge is -2.06. The minimum atomic E-state index is -0.251. The van der Waals surface area contributed by atoms with Crippen molar-refractivity contribution in [2.45, 2.75) is 17.3 Å². The number of hydrogen-bond acceptors (Lipinski definition) is 4. The molecule has 0 aliphatic heterocycles. The number of nitrogens with zero attached hydrogens (tertiary/aromatic N) is 3. The van der Waals surface area contributed by atoms with Gasteiger partial charge in [0.05, 0.1) is 6.42 Å². The molecule has 1 aromatic heterocycles. The van der Waals surface area contributed by atoms with E-state index in [1.807, 2.05) is 37.4 Å². The Morgan fingerprint density at radius 1 is 1.12 bits per heavy atom. The van der Waals surface area contributed by atoms with Crippen molar-refractivity contribution in [3.8, 4) is 0 Å². The smallest absolute Gasteiger partial charge is 0.232 e. The van der Waals surface area contributed by atoms with E-state index in [4.69, 9.17) is 0 Å². The summed E-state index contributed by atoms with van der Waals surface area (Å²) in [7, 11) is 1.83. The zero-order chi connectivity index (χ0) is 17.6. The van der Waals surface area contributed by atoms with E-state index < -0.39 is 0 Å². The number of amides is 1. The number of nitrogens with one attached hydrogen (secondary N) is 1. The standard InChI is InChI=1S/C18H17FN4OS/c1-23-16(11-17(24)20-15-5-3-2-4-6-15)21-22-18(23)25-12-13-7-9-14(19)10-8-13/h2-10H,11-12H2,1H3,(H,20,24). The monoisotopic (exact) mass is 356 g/mol. The Morgan fingerprint density at radius 2 is 1.84 bits per heavy atom. The molecule has 0 fully saturated rings. The van der Waals surface area contributed by atoms with E-state index >= 15 is 0 Å². The highest BCUT2D eigenvalue weighted by Gasteiger charge is 2.13. The molecule has 0 aliphatic rings. The molecule has 0 saturated carbocycles. The van der Waals surface area contributed by atoms with Gasteiger partial charge in [-0.25, -0.2) is 4.39 Å². The fourth-order valence-corrected chi connectivity index (χ4v) is 3.11. The number of anilines is 1. The van der Waals surface area contributed by atoms with Crippen LogP contribution in [0.5, 0.6) is 0 Å². The first-order valence-corrected chi connectivity index (χ1v) is 8.71. The molecular formula is C18H17FN4OS. The summed E-state index contributed by atoms with van der Waals surface area (Å²) in [6.45, 7) is 0. The fraction of sp³-hybridized carbons (Fsp3) is 0.167. The maximum atomic E-state index is 12.9. The Balaban J connectivity index is 1.58. The number of para-hydroxylation sites is 1. The Hall–Kier alpha value is -2.67. The molecule has 0 aliphatic carbocycles. The summed E-state index contributed by atoms with van der Waals surface area (Å²) in [5.74, 6) is 0.855. The van der Waals surface area contributed by atoms with Crippen LogP contribution in [0.1, 0.15) is 11.4 Å². The average molecular weight is 356 g/mol. The van der Waals surface area contributed by atoms with Crippen molar-refractivity contribution in [2.24, 2.45) is 7.05 Å².